The van der Waals surface area contributed by atoms with Crippen LogP contribution in [0, 0.1) is 17.7 Å². The number of para-hydroxylation sites is 1. The van der Waals surface area contributed by atoms with Crippen molar-refractivity contribution in [2.24, 2.45) is 0 Å². The van der Waals surface area contributed by atoms with Crippen LogP contribution in [0.25, 0.3) is 0 Å². The van der Waals surface area contributed by atoms with Crippen molar-refractivity contribution in [1.29, 1.82) is 0 Å². The first-order valence-electron chi connectivity index (χ1n) is 3.33. The summed E-state index contributed by atoms with van der Waals surface area (Å²) in [6, 6.07) is 4.05. The van der Waals surface area contributed by atoms with Crippen LogP contribution in [0.1, 0.15) is 5.56 Å². The second-order valence-electron chi connectivity index (χ2n) is 2.10. The molecule has 0 amide bonds. The van der Waals surface area contributed by atoms with Crippen LogP contribution < -0.4 is 0 Å². The van der Waals surface area contributed by atoms with E-state index < -0.39 is 11.6 Å². The molecule has 0 atom stereocenters. The number of aliphatic hydroxyl groups is 1. The van der Waals surface area contributed by atoms with Crippen molar-refractivity contribution in [1.82, 2.24) is 0 Å². The monoisotopic (exact) mass is 166 g/mol. The molecule has 0 saturated carbocycles. The third-order valence-electron chi connectivity index (χ3n) is 1.29. The molecule has 1 aromatic carbocycles. The minimum Gasteiger partial charge on any atom is -0.504 e. The van der Waals surface area contributed by atoms with Gasteiger partial charge in [-0.3, -0.25) is 0 Å². The lowest BCUT2D eigenvalue weighted by Crippen LogP contribution is -1.81. The summed E-state index contributed by atoms with van der Waals surface area (Å²) in [6.07, 6.45) is 0. The number of phenolic OH excluding ortho intramolecular Hbond substituents is 1. The largest absolute Gasteiger partial charge is 0.504 e. The molecular formula is C9H7FO2. The van der Waals surface area contributed by atoms with Crippen LogP contribution in [0.15, 0.2) is 18.2 Å². The maximum Gasteiger partial charge on any atom is 0.167 e. The number of benzene rings is 1. The molecule has 1 rings (SSSR count). The summed E-state index contributed by atoms with van der Waals surface area (Å²) in [5, 5.41) is 17.4. The second-order valence-corrected chi connectivity index (χ2v) is 2.10. The number of rotatable bonds is 0. The normalized spacial score (nSPS) is 8.83. The Labute approximate surface area is 69.3 Å². The predicted octanol–water partition coefficient (Wildman–Crippen LogP) is 0.875. The highest BCUT2D eigenvalue weighted by Crippen LogP contribution is 2.18. The molecule has 0 fully saturated rings. The number of hydrogen-bond donors (Lipinski definition) is 2. The van der Waals surface area contributed by atoms with Crippen LogP contribution in [-0.4, -0.2) is 16.8 Å². The first kappa shape index (κ1) is 8.57. The van der Waals surface area contributed by atoms with E-state index in [0.717, 1.165) is 6.07 Å². The van der Waals surface area contributed by atoms with Gasteiger partial charge in [-0.2, -0.15) is 0 Å². The molecule has 0 aliphatic rings. The SMILES string of the molecule is OCC#Cc1cccc(F)c1O. The van der Waals surface area contributed by atoms with Gasteiger partial charge in [0.25, 0.3) is 0 Å². The molecule has 3 heteroatoms. The smallest absolute Gasteiger partial charge is 0.167 e. The van der Waals surface area contributed by atoms with Gasteiger partial charge in [-0.05, 0) is 12.1 Å². The maximum absolute atomic E-state index is 12.6. The molecule has 2 N–H and O–H groups in total. The second kappa shape index (κ2) is 3.74. The van der Waals surface area contributed by atoms with Crippen molar-refractivity contribution in [3.05, 3.63) is 29.6 Å². The third kappa shape index (κ3) is 1.74. The Morgan fingerprint density at radius 2 is 2.17 bits per heavy atom. The van der Waals surface area contributed by atoms with E-state index in [2.05, 4.69) is 11.8 Å². The van der Waals surface area contributed by atoms with E-state index in [1.807, 2.05) is 0 Å². The van der Waals surface area contributed by atoms with Gasteiger partial charge in [-0.15, -0.1) is 0 Å². The van der Waals surface area contributed by atoms with Gasteiger partial charge in [-0.1, -0.05) is 17.9 Å². The van der Waals surface area contributed by atoms with Gasteiger partial charge in [0.15, 0.2) is 11.6 Å². The molecule has 0 aliphatic heterocycles. The van der Waals surface area contributed by atoms with Crippen molar-refractivity contribution < 1.29 is 14.6 Å². The quantitative estimate of drug-likeness (QED) is 0.561. The Balaban J connectivity index is 3.08. The van der Waals surface area contributed by atoms with Crippen LogP contribution in [0.4, 0.5) is 4.39 Å². The number of aliphatic hydroxyl groups excluding tert-OH is 1. The fourth-order valence-electron chi connectivity index (χ4n) is 0.751. The van der Waals surface area contributed by atoms with Crippen molar-refractivity contribution in [3.8, 4) is 17.6 Å². The molecule has 12 heavy (non-hydrogen) atoms. The number of hydrogen-bond acceptors (Lipinski definition) is 2. The molecule has 0 aliphatic carbocycles. The highest BCUT2D eigenvalue weighted by atomic mass is 19.1. The molecule has 0 saturated heterocycles. The van der Waals surface area contributed by atoms with Crippen LogP contribution in [-0.2, 0) is 0 Å². The van der Waals surface area contributed by atoms with Crippen molar-refractivity contribution in [2.45, 2.75) is 0 Å². The Bertz CT molecular complexity index is 336. The molecule has 1 aromatic rings. The van der Waals surface area contributed by atoms with E-state index in [9.17, 15) is 4.39 Å². The first-order valence-corrected chi connectivity index (χ1v) is 3.33. The topological polar surface area (TPSA) is 40.5 Å². The summed E-state index contributed by atoms with van der Waals surface area (Å²) < 4.78 is 12.6. The zero-order chi connectivity index (χ0) is 8.97. The van der Waals surface area contributed by atoms with Crippen LogP contribution in [0.3, 0.4) is 0 Å². The molecule has 2 nitrogen and oxygen atoms in total. The minimum absolute atomic E-state index is 0.184. The van der Waals surface area contributed by atoms with E-state index in [1.165, 1.54) is 12.1 Å². The van der Waals surface area contributed by atoms with E-state index >= 15 is 0 Å². The average molecular weight is 166 g/mol. The summed E-state index contributed by atoms with van der Waals surface area (Å²) in [5.41, 5.74) is 0.184. The summed E-state index contributed by atoms with van der Waals surface area (Å²) in [4.78, 5) is 0. The van der Waals surface area contributed by atoms with Crippen molar-refractivity contribution in [2.75, 3.05) is 6.61 Å². The fraction of sp³-hybridized carbons (Fsp3) is 0.111. The van der Waals surface area contributed by atoms with Gasteiger partial charge in [0.1, 0.15) is 6.61 Å². The van der Waals surface area contributed by atoms with E-state index in [0.29, 0.717) is 0 Å². The molecule has 0 bridgehead atoms. The van der Waals surface area contributed by atoms with Gasteiger partial charge >= 0.3 is 0 Å². The highest BCUT2D eigenvalue weighted by molar-refractivity contribution is 5.45. The summed E-state index contributed by atoms with van der Waals surface area (Å²) >= 11 is 0. The van der Waals surface area contributed by atoms with Gasteiger partial charge < -0.3 is 10.2 Å². The molecule has 62 valence electrons. The number of halogens is 1. The molecule has 0 radical (unpaired) electrons. The number of phenols is 1. The molecule has 0 aromatic heterocycles. The lowest BCUT2D eigenvalue weighted by atomic mass is 10.2. The zero-order valence-corrected chi connectivity index (χ0v) is 6.21. The van der Waals surface area contributed by atoms with Gasteiger partial charge in [-0.25, -0.2) is 4.39 Å². The van der Waals surface area contributed by atoms with Gasteiger partial charge in [0.2, 0.25) is 0 Å². The summed E-state index contributed by atoms with van der Waals surface area (Å²) in [6.45, 7) is -0.310. The Hall–Kier alpha value is -1.53. The molecule has 0 unspecified atom stereocenters. The highest BCUT2D eigenvalue weighted by Gasteiger charge is 2.02. The average Bonchev–Trinajstić information content (AvgIpc) is 2.08. The predicted molar refractivity (Wildman–Crippen MR) is 42.0 cm³/mol. The van der Waals surface area contributed by atoms with E-state index in [-0.39, 0.29) is 12.2 Å². The van der Waals surface area contributed by atoms with Gasteiger partial charge in [0, 0.05) is 0 Å². The lowest BCUT2D eigenvalue weighted by Gasteiger charge is -1.96. The summed E-state index contributed by atoms with van der Waals surface area (Å²) in [5.74, 6) is 3.54. The molecule has 0 heterocycles. The van der Waals surface area contributed by atoms with Gasteiger partial charge in [0.05, 0.1) is 5.56 Å². The van der Waals surface area contributed by atoms with Crippen LogP contribution >= 0.6 is 0 Å². The van der Waals surface area contributed by atoms with Crippen LogP contribution in [0.5, 0.6) is 5.75 Å². The first-order chi connectivity index (χ1) is 5.75. The summed E-state index contributed by atoms with van der Waals surface area (Å²) in [7, 11) is 0. The van der Waals surface area contributed by atoms with Crippen molar-refractivity contribution in [3.63, 3.8) is 0 Å². The van der Waals surface area contributed by atoms with Crippen LogP contribution in [0.2, 0.25) is 0 Å². The van der Waals surface area contributed by atoms with E-state index in [4.69, 9.17) is 10.2 Å². The standard InChI is InChI=1S/C9H7FO2/c10-8-5-1-3-7(9(8)12)4-2-6-11/h1,3,5,11-12H,6H2. The molecule has 0 spiro atoms. The fourth-order valence-corrected chi connectivity index (χ4v) is 0.751. The Kier molecular flexibility index (Phi) is 2.67. The third-order valence-corrected chi connectivity index (χ3v) is 1.29. The van der Waals surface area contributed by atoms with E-state index in [1.54, 1.807) is 0 Å². The maximum atomic E-state index is 12.6. The minimum atomic E-state index is -0.709. The Morgan fingerprint density at radius 3 is 2.83 bits per heavy atom. The number of aromatic hydroxyl groups is 1. The lowest BCUT2D eigenvalue weighted by molar-refractivity contribution is 0.350. The Morgan fingerprint density at radius 1 is 1.42 bits per heavy atom. The zero-order valence-electron chi connectivity index (χ0n) is 6.21. The van der Waals surface area contributed by atoms with Crippen molar-refractivity contribution >= 4 is 0 Å². The molecular weight excluding hydrogens is 159 g/mol.